The fourth-order valence-corrected chi connectivity index (χ4v) is 1.60. The van der Waals surface area contributed by atoms with Gasteiger partial charge in [-0.05, 0) is 0 Å². The first-order chi connectivity index (χ1) is 6.52. The number of carbonyl (C=O) groups is 3. The summed E-state index contributed by atoms with van der Waals surface area (Å²) in [6, 6.07) is 0. The Morgan fingerprint density at radius 2 is 2.00 bits per heavy atom. The summed E-state index contributed by atoms with van der Waals surface area (Å²) < 4.78 is 0. The molecular weight excluding hydrogens is 186 g/mol. The standard InChI is InChI=1S/C9H7NO4/c1-10-3-6(12)4-2-5(11)8(13)9(14)7(4)10/h2,14H,3H2,1H3. The highest BCUT2D eigenvalue weighted by Crippen LogP contribution is 2.28. The normalized spacial score (nSPS) is 21.6. The molecule has 0 aromatic carbocycles. The van der Waals surface area contributed by atoms with Gasteiger partial charge < -0.3 is 10.0 Å². The molecule has 5 heteroatoms. The number of fused-ring (bicyclic) bond motifs is 1. The van der Waals surface area contributed by atoms with Crippen LogP contribution in [-0.4, -0.2) is 40.9 Å². The number of carbonyl (C=O) groups excluding carboxylic acids is 3. The van der Waals surface area contributed by atoms with Crippen LogP contribution in [0.4, 0.5) is 0 Å². The van der Waals surface area contributed by atoms with Crippen molar-refractivity contribution in [1.82, 2.24) is 4.90 Å². The van der Waals surface area contributed by atoms with Crippen molar-refractivity contribution in [2.75, 3.05) is 13.6 Å². The Morgan fingerprint density at radius 3 is 2.64 bits per heavy atom. The lowest BCUT2D eigenvalue weighted by Crippen LogP contribution is -2.24. The van der Waals surface area contributed by atoms with Gasteiger partial charge in [0.05, 0.1) is 17.8 Å². The number of aliphatic hydroxyl groups excluding tert-OH is 1. The highest BCUT2D eigenvalue weighted by atomic mass is 16.3. The minimum atomic E-state index is -0.953. The lowest BCUT2D eigenvalue weighted by Gasteiger charge is -2.15. The Balaban J connectivity index is 2.64. The number of hydrogen-bond donors (Lipinski definition) is 1. The maximum absolute atomic E-state index is 11.3. The SMILES string of the molecule is CN1CC(=O)C2=CC(=O)C(=O)C(O)=C21. The first-order valence-electron chi connectivity index (χ1n) is 4.00. The van der Waals surface area contributed by atoms with E-state index in [9.17, 15) is 19.5 Å². The Labute approximate surface area is 79.3 Å². The van der Waals surface area contributed by atoms with E-state index in [1.807, 2.05) is 0 Å². The van der Waals surface area contributed by atoms with Crippen LogP contribution in [0.25, 0.3) is 0 Å². The monoisotopic (exact) mass is 193 g/mol. The van der Waals surface area contributed by atoms with Crippen molar-refractivity contribution >= 4 is 17.3 Å². The number of nitrogens with zero attached hydrogens (tertiary/aromatic N) is 1. The van der Waals surface area contributed by atoms with Crippen LogP contribution in [0.3, 0.4) is 0 Å². The average Bonchev–Trinajstić information content (AvgIpc) is 2.38. The van der Waals surface area contributed by atoms with E-state index >= 15 is 0 Å². The lowest BCUT2D eigenvalue weighted by molar-refractivity contribution is -0.133. The molecule has 2 rings (SSSR count). The molecule has 0 amide bonds. The molecule has 0 bridgehead atoms. The Bertz CT molecular complexity index is 430. The first-order valence-corrected chi connectivity index (χ1v) is 4.00. The quantitative estimate of drug-likeness (QED) is 0.408. The first kappa shape index (κ1) is 8.68. The van der Waals surface area contributed by atoms with Crippen molar-refractivity contribution in [2.45, 2.75) is 0 Å². The van der Waals surface area contributed by atoms with Gasteiger partial charge in [-0.15, -0.1) is 0 Å². The van der Waals surface area contributed by atoms with E-state index in [0.29, 0.717) is 0 Å². The van der Waals surface area contributed by atoms with Crippen molar-refractivity contribution in [3.8, 4) is 0 Å². The summed E-state index contributed by atoms with van der Waals surface area (Å²) in [5.41, 5.74) is 0.300. The highest BCUT2D eigenvalue weighted by molar-refractivity contribution is 6.49. The summed E-state index contributed by atoms with van der Waals surface area (Å²) in [6.45, 7) is 0.0891. The second-order valence-electron chi connectivity index (χ2n) is 3.23. The maximum Gasteiger partial charge on any atom is 0.269 e. The summed E-state index contributed by atoms with van der Waals surface area (Å²) in [5.74, 6) is -2.68. The zero-order valence-corrected chi connectivity index (χ0v) is 7.40. The summed E-state index contributed by atoms with van der Waals surface area (Å²) >= 11 is 0. The maximum atomic E-state index is 11.3. The van der Waals surface area contributed by atoms with Gasteiger partial charge in [-0.2, -0.15) is 0 Å². The van der Waals surface area contributed by atoms with Gasteiger partial charge in [0.25, 0.3) is 5.78 Å². The van der Waals surface area contributed by atoms with Crippen molar-refractivity contribution in [3.63, 3.8) is 0 Å². The van der Waals surface area contributed by atoms with E-state index in [-0.39, 0.29) is 23.6 Å². The topological polar surface area (TPSA) is 74.7 Å². The van der Waals surface area contributed by atoms with E-state index in [0.717, 1.165) is 6.08 Å². The molecule has 0 aromatic heterocycles. The Kier molecular flexibility index (Phi) is 1.57. The van der Waals surface area contributed by atoms with Gasteiger partial charge in [-0.25, -0.2) is 0 Å². The molecule has 0 saturated carbocycles. The molecule has 0 unspecified atom stereocenters. The van der Waals surface area contributed by atoms with Gasteiger partial charge in [0.15, 0.2) is 11.5 Å². The Morgan fingerprint density at radius 1 is 1.36 bits per heavy atom. The molecular formula is C9H7NO4. The molecule has 5 nitrogen and oxygen atoms in total. The number of allylic oxidation sites excluding steroid dienone is 3. The fraction of sp³-hybridized carbons (Fsp3) is 0.222. The van der Waals surface area contributed by atoms with Crippen LogP contribution >= 0.6 is 0 Å². The van der Waals surface area contributed by atoms with Gasteiger partial charge in [0.1, 0.15) is 0 Å². The smallest absolute Gasteiger partial charge is 0.269 e. The fourth-order valence-electron chi connectivity index (χ4n) is 1.60. The molecule has 0 spiro atoms. The molecule has 0 atom stereocenters. The van der Waals surface area contributed by atoms with Crippen molar-refractivity contribution in [2.24, 2.45) is 0 Å². The third kappa shape index (κ3) is 0.921. The molecule has 14 heavy (non-hydrogen) atoms. The second-order valence-corrected chi connectivity index (χ2v) is 3.23. The molecule has 1 N–H and O–H groups in total. The van der Waals surface area contributed by atoms with Crippen LogP contribution in [0.1, 0.15) is 0 Å². The molecule has 0 aromatic rings. The van der Waals surface area contributed by atoms with Gasteiger partial charge >= 0.3 is 0 Å². The van der Waals surface area contributed by atoms with Crippen molar-refractivity contribution in [3.05, 3.63) is 23.1 Å². The van der Waals surface area contributed by atoms with E-state index < -0.39 is 17.3 Å². The van der Waals surface area contributed by atoms with Crippen molar-refractivity contribution < 1.29 is 19.5 Å². The van der Waals surface area contributed by atoms with Crippen LogP contribution in [0, 0.1) is 0 Å². The summed E-state index contributed by atoms with van der Waals surface area (Å²) in [7, 11) is 1.58. The summed E-state index contributed by atoms with van der Waals surface area (Å²) in [5, 5.41) is 9.38. The molecule has 0 radical (unpaired) electrons. The van der Waals surface area contributed by atoms with E-state index in [1.54, 1.807) is 7.05 Å². The molecule has 1 heterocycles. The van der Waals surface area contributed by atoms with Crippen LogP contribution < -0.4 is 0 Å². The Hall–Kier alpha value is -1.91. The average molecular weight is 193 g/mol. The largest absolute Gasteiger partial charge is 0.503 e. The predicted octanol–water partition coefficient (Wildman–Crippen LogP) is -0.651. The number of likely N-dealkylation sites (tertiary alicyclic amines) is 1. The number of Topliss-reactive ketones (excluding diaryl/α,β-unsaturated/α-hetero) is 2. The van der Waals surface area contributed by atoms with Gasteiger partial charge in [0.2, 0.25) is 5.78 Å². The van der Waals surface area contributed by atoms with Crippen LogP contribution in [0.2, 0.25) is 0 Å². The molecule has 2 aliphatic rings. The molecule has 1 saturated heterocycles. The highest BCUT2D eigenvalue weighted by Gasteiger charge is 2.38. The van der Waals surface area contributed by atoms with E-state index in [4.69, 9.17) is 0 Å². The van der Waals surface area contributed by atoms with Gasteiger partial charge in [0, 0.05) is 13.1 Å². The number of ketones is 3. The van der Waals surface area contributed by atoms with Crippen LogP contribution in [-0.2, 0) is 14.4 Å². The number of likely N-dealkylation sites (N-methyl/N-ethyl adjacent to an activating group) is 1. The number of rotatable bonds is 0. The lowest BCUT2D eigenvalue weighted by atomic mass is 9.99. The molecule has 1 aliphatic carbocycles. The zero-order valence-electron chi connectivity index (χ0n) is 7.40. The third-order valence-corrected chi connectivity index (χ3v) is 2.26. The summed E-state index contributed by atoms with van der Waals surface area (Å²) in [4.78, 5) is 34.8. The number of aliphatic hydroxyl groups is 1. The second kappa shape index (κ2) is 2.54. The molecule has 72 valence electrons. The molecule has 1 fully saturated rings. The number of hydrogen-bond acceptors (Lipinski definition) is 5. The van der Waals surface area contributed by atoms with Gasteiger partial charge in [-0.1, -0.05) is 0 Å². The van der Waals surface area contributed by atoms with E-state index in [1.165, 1.54) is 4.90 Å². The van der Waals surface area contributed by atoms with Gasteiger partial charge in [-0.3, -0.25) is 14.4 Å². The molecule has 1 aliphatic heterocycles. The third-order valence-electron chi connectivity index (χ3n) is 2.26. The van der Waals surface area contributed by atoms with E-state index in [2.05, 4.69) is 0 Å². The van der Waals surface area contributed by atoms with Crippen LogP contribution in [0.5, 0.6) is 0 Å². The zero-order chi connectivity index (χ0) is 10.5. The predicted molar refractivity (Wildman–Crippen MR) is 45.4 cm³/mol. The minimum Gasteiger partial charge on any atom is -0.503 e. The minimum absolute atomic E-state index is 0.0891. The van der Waals surface area contributed by atoms with Crippen LogP contribution in [0.15, 0.2) is 23.1 Å². The van der Waals surface area contributed by atoms with Crippen molar-refractivity contribution in [1.29, 1.82) is 0 Å². The summed E-state index contributed by atoms with van der Waals surface area (Å²) in [6.07, 6.45) is 0.989.